The summed E-state index contributed by atoms with van der Waals surface area (Å²) >= 11 is 0. The van der Waals surface area contributed by atoms with Gasteiger partial charge in [-0.05, 0) is 44.9 Å². The van der Waals surface area contributed by atoms with Crippen molar-refractivity contribution in [3.63, 3.8) is 0 Å². The monoisotopic (exact) mass is 353 g/mol. The lowest BCUT2D eigenvalue weighted by Gasteiger charge is -2.29. The van der Waals surface area contributed by atoms with Crippen molar-refractivity contribution in [2.24, 2.45) is 5.73 Å². The number of sulfonamides is 1. The second-order valence-electron chi connectivity index (χ2n) is 6.21. The van der Waals surface area contributed by atoms with E-state index in [1.54, 1.807) is 0 Å². The van der Waals surface area contributed by atoms with Crippen LogP contribution in [0.25, 0.3) is 0 Å². The van der Waals surface area contributed by atoms with E-state index >= 15 is 0 Å². The predicted octanol–water partition coefficient (Wildman–Crippen LogP) is 0.999. The molecule has 3 N–H and O–H groups in total. The van der Waals surface area contributed by atoms with Crippen molar-refractivity contribution in [2.75, 3.05) is 12.3 Å². The van der Waals surface area contributed by atoms with Gasteiger partial charge in [-0.3, -0.25) is 4.79 Å². The Hall–Kier alpha value is -0.370. The molecule has 1 unspecified atom stereocenters. The fourth-order valence-electron chi connectivity index (χ4n) is 3.27. The quantitative estimate of drug-likeness (QED) is 0.771. The molecule has 8 heteroatoms. The zero-order valence-electron chi connectivity index (χ0n) is 13.2. The SMILES string of the molecule is CCCS(=O)(=O)N1CCCC1C(=O)NC1CCC(N)CC1.Cl. The number of rotatable bonds is 5. The van der Waals surface area contributed by atoms with Gasteiger partial charge in [0.15, 0.2) is 0 Å². The summed E-state index contributed by atoms with van der Waals surface area (Å²) in [6.45, 7) is 2.31. The summed E-state index contributed by atoms with van der Waals surface area (Å²) < 4.78 is 25.8. The Kier molecular flexibility index (Phi) is 7.58. The number of carbonyl (C=O) groups excluding carboxylic acids is 1. The molecule has 1 aliphatic carbocycles. The lowest BCUT2D eigenvalue weighted by molar-refractivity contribution is -0.125. The van der Waals surface area contributed by atoms with Gasteiger partial charge in [0.1, 0.15) is 6.04 Å². The maximum absolute atomic E-state index is 12.4. The van der Waals surface area contributed by atoms with Crippen LogP contribution in [0.3, 0.4) is 0 Å². The Morgan fingerprint density at radius 1 is 1.23 bits per heavy atom. The van der Waals surface area contributed by atoms with Crippen LogP contribution in [0.5, 0.6) is 0 Å². The molecule has 0 spiro atoms. The first-order valence-corrected chi connectivity index (χ1v) is 9.60. The lowest BCUT2D eigenvalue weighted by Crippen LogP contribution is -2.50. The fraction of sp³-hybridized carbons (Fsp3) is 0.929. The van der Waals surface area contributed by atoms with E-state index in [-0.39, 0.29) is 36.2 Å². The molecule has 1 saturated heterocycles. The Labute approximate surface area is 139 Å². The van der Waals surface area contributed by atoms with E-state index in [1.807, 2.05) is 6.92 Å². The van der Waals surface area contributed by atoms with Crippen LogP contribution in [0.4, 0.5) is 0 Å². The highest BCUT2D eigenvalue weighted by Gasteiger charge is 2.38. The van der Waals surface area contributed by atoms with Crippen molar-refractivity contribution < 1.29 is 13.2 Å². The molecular weight excluding hydrogens is 326 g/mol. The Morgan fingerprint density at radius 3 is 2.45 bits per heavy atom. The number of carbonyl (C=O) groups is 1. The van der Waals surface area contributed by atoms with E-state index in [9.17, 15) is 13.2 Å². The number of hydrogen-bond acceptors (Lipinski definition) is 4. The molecule has 1 heterocycles. The van der Waals surface area contributed by atoms with Crippen molar-refractivity contribution in [3.8, 4) is 0 Å². The highest BCUT2D eigenvalue weighted by molar-refractivity contribution is 7.89. The largest absolute Gasteiger partial charge is 0.352 e. The van der Waals surface area contributed by atoms with Gasteiger partial charge in [0.2, 0.25) is 15.9 Å². The Morgan fingerprint density at radius 2 is 1.86 bits per heavy atom. The fourth-order valence-corrected chi connectivity index (χ4v) is 5.02. The first-order valence-electron chi connectivity index (χ1n) is 7.99. The number of halogens is 1. The summed E-state index contributed by atoms with van der Waals surface area (Å²) in [4.78, 5) is 12.4. The third kappa shape index (κ3) is 4.81. The van der Waals surface area contributed by atoms with Gasteiger partial charge in [-0.1, -0.05) is 6.92 Å². The summed E-state index contributed by atoms with van der Waals surface area (Å²) in [6.07, 6.45) is 5.59. The summed E-state index contributed by atoms with van der Waals surface area (Å²) in [5.41, 5.74) is 5.86. The van der Waals surface area contributed by atoms with E-state index in [2.05, 4.69) is 5.32 Å². The number of nitrogens with zero attached hydrogens (tertiary/aromatic N) is 1. The van der Waals surface area contributed by atoms with Gasteiger partial charge in [0, 0.05) is 18.6 Å². The van der Waals surface area contributed by atoms with E-state index in [1.165, 1.54) is 4.31 Å². The van der Waals surface area contributed by atoms with E-state index < -0.39 is 16.1 Å². The van der Waals surface area contributed by atoms with Crippen molar-refractivity contribution in [3.05, 3.63) is 0 Å². The summed E-state index contributed by atoms with van der Waals surface area (Å²) in [6, 6.07) is -0.128. The minimum atomic E-state index is -3.30. The van der Waals surface area contributed by atoms with Crippen LogP contribution in [0.1, 0.15) is 51.9 Å². The molecule has 0 aromatic rings. The third-order valence-corrected chi connectivity index (χ3v) is 6.52. The molecule has 0 aromatic carbocycles. The molecule has 2 aliphatic rings. The van der Waals surface area contributed by atoms with Gasteiger partial charge in [0.05, 0.1) is 5.75 Å². The number of nitrogens with one attached hydrogen (secondary N) is 1. The molecule has 0 aromatic heterocycles. The van der Waals surface area contributed by atoms with E-state index in [0.29, 0.717) is 19.4 Å². The molecular formula is C14H28ClN3O3S. The lowest BCUT2D eigenvalue weighted by atomic mass is 9.91. The number of nitrogens with two attached hydrogens (primary N) is 1. The third-order valence-electron chi connectivity index (χ3n) is 4.44. The van der Waals surface area contributed by atoms with Crippen LogP contribution in [0.2, 0.25) is 0 Å². The van der Waals surface area contributed by atoms with Crippen LogP contribution in [0.15, 0.2) is 0 Å². The molecule has 2 fully saturated rings. The highest BCUT2D eigenvalue weighted by atomic mass is 35.5. The van der Waals surface area contributed by atoms with Crippen molar-refractivity contribution in [1.29, 1.82) is 0 Å². The minimum Gasteiger partial charge on any atom is -0.352 e. The smallest absolute Gasteiger partial charge is 0.238 e. The molecule has 1 aliphatic heterocycles. The average molecular weight is 354 g/mol. The standard InChI is InChI=1S/C14H27N3O3S.ClH/c1-2-10-21(19,20)17-9-3-4-13(17)14(18)16-12-7-5-11(15)6-8-12;/h11-13H,2-10,15H2,1H3,(H,16,18);1H. The summed E-state index contributed by atoms with van der Waals surface area (Å²) in [5, 5.41) is 3.02. The molecule has 0 bridgehead atoms. The Bertz CT molecular complexity index is 464. The predicted molar refractivity (Wildman–Crippen MR) is 89.4 cm³/mol. The van der Waals surface area contributed by atoms with Crippen LogP contribution in [-0.4, -0.2) is 49.1 Å². The second kappa shape index (κ2) is 8.47. The summed E-state index contributed by atoms with van der Waals surface area (Å²) in [7, 11) is -3.30. The van der Waals surface area contributed by atoms with Crippen molar-refractivity contribution in [1.82, 2.24) is 9.62 Å². The first-order chi connectivity index (χ1) is 9.94. The van der Waals surface area contributed by atoms with Crippen LogP contribution in [-0.2, 0) is 14.8 Å². The zero-order valence-corrected chi connectivity index (χ0v) is 14.8. The maximum atomic E-state index is 12.4. The maximum Gasteiger partial charge on any atom is 0.238 e. The molecule has 2 rings (SSSR count). The van der Waals surface area contributed by atoms with Gasteiger partial charge >= 0.3 is 0 Å². The van der Waals surface area contributed by atoms with Crippen LogP contribution < -0.4 is 11.1 Å². The van der Waals surface area contributed by atoms with Gasteiger partial charge in [-0.15, -0.1) is 12.4 Å². The van der Waals surface area contributed by atoms with E-state index in [0.717, 1.165) is 32.1 Å². The zero-order chi connectivity index (χ0) is 15.5. The van der Waals surface area contributed by atoms with Gasteiger partial charge in [-0.25, -0.2) is 8.42 Å². The number of amides is 1. The summed E-state index contributed by atoms with van der Waals surface area (Å²) in [5.74, 6) is -0.0117. The van der Waals surface area contributed by atoms with Crippen molar-refractivity contribution in [2.45, 2.75) is 70.0 Å². The average Bonchev–Trinajstić information content (AvgIpc) is 2.91. The van der Waals surface area contributed by atoms with E-state index in [4.69, 9.17) is 5.73 Å². The topological polar surface area (TPSA) is 92.5 Å². The molecule has 1 saturated carbocycles. The molecule has 130 valence electrons. The second-order valence-corrected chi connectivity index (χ2v) is 8.25. The van der Waals surface area contributed by atoms with Crippen LogP contribution >= 0.6 is 12.4 Å². The minimum absolute atomic E-state index is 0. The van der Waals surface area contributed by atoms with Gasteiger partial charge in [0.25, 0.3) is 0 Å². The highest BCUT2D eigenvalue weighted by Crippen LogP contribution is 2.23. The van der Waals surface area contributed by atoms with Crippen LogP contribution in [0, 0.1) is 0 Å². The molecule has 1 amide bonds. The molecule has 1 atom stereocenters. The molecule has 0 radical (unpaired) electrons. The molecule has 6 nitrogen and oxygen atoms in total. The molecule has 22 heavy (non-hydrogen) atoms. The Balaban J connectivity index is 0.00000242. The number of hydrogen-bond donors (Lipinski definition) is 2. The first kappa shape index (κ1) is 19.7. The van der Waals surface area contributed by atoms with Gasteiger partial charge < -0.3 is 11.1 Å². The van der Waals surface area contributed by atoms with Crippen molar-refractivity contribution >= 4 is 28.3 Å². The van der Waals surface area contributed by atoms with Gasteiger partial charge in [-0.2, -0.15) is 4.31 Å². The normalized spacial score (nSPS) is 29.8.